The summed E-state index contributed by atoms with van der Waals surface area (Å²) in [6.45, 7) is 2.44. The van der Waals surface area contributed by atoms with Gasteiger partial charge in [0.1, 0.15) is 0 Å². The van der Waals surface area contributed by atoms with Gasteiger partial charge in [0.05, 0.1) is 12.2 Å². The van der Waals surface area contributed by atoms with Gasteiger partial charge in [-0.3, -0.25) is 15.0 Å². The minimum atomic E-state index is 0.0344. The molecule has 3 N–H and O–H groups in total. The Morgan fingerprint density at radius 3 is 3.18 bits per heavy atom. The van der Waals surface area contributed by atoms with Crippen LogP contribution < -0.4 is 5.32 Å². The van der Waals surface area contributed by atoms with Crippen LogP contribution in [0.3, 0.4) is 0 Å². The topological polar surface area (TPSA) is 89.7 Å². The van der Waals surface area contributed by atoms with E-state index in [1.54, 1.807) is 0 Å². The van der Waals surface area contributed by atoms with Gasteiger partial charge in [0.2, 0.25) is 0 Å². The van der Waals surface area contributed by atoms with Gasteiger partial charge >= 0.3 is 0 Å². The average Bonchev–Trinajstić information content (AvgIpc) is 3.24. The molecule has 1 atom stereocenters. The van der Waals surface area contributed by atoms with E-state index in [0.29, 0.717) is 5.69 Å². The second-order valence-corrected chi connectivity index (χ2v) is 6.00. The summed E-state index contributed by atoms with van der Waals surface area (Å²) in [6, 6.07) is 0.101. The van der Waals surface area contributed by atoms with E-state index in [1.807, 2.05) is 17.3 Å². The number of aromatic amines is 2. The molecule has 7 heteroatoms. The zero-order valence-electron chi connectivity index (χ0n) is 12.4. The lowest BCUT2D eigenvalue weighted by molar-refractivity contribution is 0.0604. The van der Waals surface area contributed by atoms with Crippen LogP contribution in [-0.4, -0.2) is 44.3 Å². The molecule has 0 aliphatic carbocycles. The molecule has 2 aromatic rings. The largest absolute Gasteiger partial charge is 0.330 e. The van der Waals surface area contributed by atoms with Crippen LogP contribution in [0.2, 0.25) is 0 Å². The number of amides is 1. The van der Waals surface area contributed by atoms with Crippen molar-refractivity contribution in [3.05, 3.63) is 34.9 Å². The van der Waals surface area contributed by atoms with Crippen LogP contribution in [0, 0.1) is 0 Å². The smallest absolute Gasteiger partial charge is 0.275 e. The summed E-state index contributed by atoms with van der Waals surface area (Å²) < 4.78 is 0. The van der Waals surface area contributed by atoms with Crippen molar-refractivity contribution in [1.29, 1.82) is 0 Å². The summed E-state index contributed by atoms with van der Waals surface area (Å²) in [4.78, 5) is 15.0. The van der Waals surface area contributed by atoms with E-state index in [1.165, 1.54) is 0 Å². The number of hydrogen-bond donors (Lipinski definition) is 3. The molecule has 0 saturated carbocycles. The molecule has 2 aliphatic rings. The normalized spacial score (nSPS) is 21.6. The highest BCUT2D eigenvalue weighted by atomic mass is 16.2. The van der Waals surface area contributed by atoms with E-state index in [-0.39, 0.29) is 11.9 Å². The fourth-order valence-corrected chi connectivity index (χ4v) is 3.50. The first-order valence-electron chi connectivity index (χ1n) is 7.91. The van der Waals surface area contributed by atoms with Crippen LogP contribution in [0.1, 0.15) is 52.6 Å². The molecule has 4 rings (SSSR count). The summed E-state index contributed by atoms with van der Waals surface area (Å²) in [6.07, 6.45) is 7.78. The quantitative estimate of drug-likeness (QED) is 0.776. The molecule has 0 spiro atoms. The van der Waals surface area contributed by atoms with Gasteiger partial charge < -0.3 is 10.2 Å². The van der Waals surface area contributed by atoms with Crippen LogP contribution >= 0.6 is 0 Å². The summed E-state index contributed by atoms with van der Waals surface area (Å²) in [5.41, 5.74) is 3.79. The first kappa shape index (κ1) is 13.5. The van der Waals surface area contributed by atoms with Gasteiger partial charge in [0.25, 0.3) is 5.91 Å². The fraction of sp³-hybridized carbons (Fsp3) is 0.533. The Morgan fingerprint density at radius 1 is 1.36 bits per heavy atom. The van der Waals surface area contributed by atoms with E-state index in [4.69, 9.17) is 0 Å². The maximum atomic E-state index is 13.0. The molecular formula is C15H20N6O. The minimum Gasteiger partial charge on any atom is -0.330 e. The number of nitrogens with one attached hydrogen (secondary N) is 3. The van der Waals surface area contributed by atoms with E-state index in [2.05, 4.69) is 25.7 Å². The molecule has 22 heavy (non-hydrogen) atoms. The van der Waals surface area contributed by atoms with Gasteiger partial charge in [-0.25, -0.2) is 0 Å². The Labute approximate surface area is 128 Å². The van der Waals surface area contributed by atoms with Crippen molar-refractivity contribution in [2.75, 3.05) is 13.1 Å². The monoisotopic (exact) mass is 300 g/mol. The lowest BCUT2D eigenvalue weighted by atomic mass is 9.96. The van der Waals surface area contributed by atoms with Gasteiger partial charge in [-0.05, 0) is 19.3 Å². The molecule has 4 heterocycles. The number of fused-ring (bicyclic) bond motifs is 1. The van der Waals surface area contributed by atoms with E-state index in [9.17, 15) is 4.79 Å². The van der Waals surface area contributed by atoms with Crippen molar-refractivity contribution in [3.8, 4) is 0 Å². The van der Waals surface area contributed by atoms with Crippen LogP contribution in [0.5, 0.6) is 0 Å². The van der Waals surface area contributed by atoms with Crippen LogP contribution in [0.15, 0.2) is 12.4 Å². The number of piperidine rings is 1. The number of carbonyl (C=O) groups excluding carboxylic acids is 1. The number of hydrogen-bond acceptors (Lipinski definition) is 4. The SMILES string of the molecule is O=C(c1n[nH]c2c1CNCC2)N1CCCCC1c1cn[nH]c1. The Balaban J connectivity index is 1.64. The number of nitrogens with zero attached hydrogens (tertiary/aromatic N) is 3. The lowest BCUT2D eigenvalue weighted by Crippen LogP contribution is -2.39. The van der Waals surface area contributed by atoms with Crippen molar-refractivity contribution in [2.24, 2.45) is 0 Å². The average molecular weight is 300 g/mol. The van der Waals surface area contributed by atoms with Crippen LogP contribution in [0.25, 0.3) is 0 Å². The third kappa shape index (κ3) is 2.21. The van der Waals surface area contributed by atoms with Gasteiger partial charge in [-0.2, -0.15) is 10.2 Å². The molecule has 0 aromatic carbocycles. The second-order valence-electron chi connectivity index (χ2n) is 6.00. The summed E-state index contributed by atoms with van der Waals surface area (Å²) >= 11 is 0. The molecule has 116 valence electrons. The van der Waals surface area contributed by atoms with Crippen LogP contribution in [0.4, 0.5) is 0 Å². The zero-order chi connectivity index (χ0) is 14.9. The third-order valence-electron chi connectivity index (χ3n) is 4.68. The Bertz CT molecular complexity index is 662. The molecular weight excluding hydrogens is 280 g/mol. The molecule has 2 aromatic heterocycles. The molecule has 7 nitrogen and oxygen atoms in total. The van der Waals surface area contributed by atoms with E-state index in [0.717, 1.165) is 62.1 Å². The van der Waals surface area contributed by atoms with Crippen molar-refractivity contribution < 1.29 is 4.79 Å². The highest BCUT2D eigenvalue weighted by Crippen LogP contribution is 2.32. The Hall–Kier alpha value is -2.15. The van der Waals surface area contributed by atoms with Crippen molar-refractivity contribution in [1.82, 2.24) is 30.6 Å². The maximum absolute atomic E-state index is 13.0. The standard InChI is InChI=1S/C15H20N6O/c22-15(14-11-9-16-5-4-12(11)19-20-14)21-6-2-1-3-13(21)10-7-17-18-8-10/h7-8,13,16H,1-6,9H2,(H,17,18)(H,19,20). The Kier molecular flexibility index (Phi) is 3.42. The lowest BCUT2D eigenvalue weighted by Gasteiger charge is -2.35. The van der Waals surface area contributed by atoms with E-state index >= 15 is 0 Å². The fourth-order valence-electron chi connectivity index (χ4n) is 3.50. The maximum Gasteiger partial charge on any atom is 0.275 e. The summed E-state index contributed by atoms with van der Waals surface area (Å²) in [5.74, 6) is 0.0344. The molecule has 0 radical (unpaired) electrons. The number of H-pyrrole nitrogens is 2. The second kappa shape index (κ2) is 5.57. The van der Waals surface area contributed by atoms with Crippen molar-refractivity contribution >= 4 is 5.91 Å². The number of aromatic nitrogens is 4. The molecule has 2 aliphatic heterocycles. The molecule has 0 bridgehead atoms. The molecule has 1 fully saturated rings. The predicted molar refractivity (Wildman–Crippen MR) is 80.2 cm³/mol. The minimum absolute atomic E-state index is 0.0344. The molecule has 1 amide bonds. The van der Waals surface area contributed by atoms with Crippen molar-refractivity contribution in [2.45, 2.75) is 38.3 Å². The summed E-state index contributed by atoms with van der Waals surface area (Å²) in [5, 5.41) is 17.5. The van der Waals surface area contributed by atoms with Crippen LogP contribution in [-0.2, 0) is 13.0 Å². The van der Waals surface area contributed by atoms with Gasteiger partial charge in [0, 0.05) is 49.1 Å². The molecule has 1 saturated heterocycles. The first-order chi connectivity index (χ1) is 10.8. The van der Waals surface area contributed by atoms with Gasteiger partial charge in [0.15, 0.2) is 5.69 Å². The first-order valence-corrected chi connectivity index (χ1v) is 7.91. The predicted octanol–water partition coefficient (Wildman–Crippen LogP) is 1.15. The third-order valence-corrected chi connectivity index (χ3v) is 4.68. The zero-order valence-corrected chi connectivity index (χ0v) is 12.4. The van der Waals surface area contributed by atoms with Crippen molar-refractivity contribution in [3.63, 3.8) is 0 Å². The number of carbonyl (C=O) groups is 1. The number of likely N-dealkylation sites (tertiary alicyclic amines) is 1. The van der Waals surface area contributed by atoms with Gasteiger partial charge in [-0.15, -0.1) is 0 Å². The Morgan fingerprint density at radius 2 is 2.32 bits per heavy atom. The highest BCUT2D eigenvalue weighted by Gasteiger charge is 2.32. The number of rotatable bonds is 2. The molecule has 1 unspecified atom stereocenters. The van der Waals surface area contributed by atoms with E-state index < -0.39 is 0 Å². The highest BCUT2D eigenvalue weighted by molar-refractivity contribution is 5.94. The summed E-state index contributed by atoms with van der Waals surface area (Å²) in [7, 11) is 0. The van der Waals surface area contributed by atoms with Gasteiger partial charge in [-0.1, -0.05) is 0 Å².